The number of nitriles is 1. The number of hydrogen-bond donors (Lipinski definition) is 1. The van der Waals surface area contributed by atoms with Crippen LogP contribution in [-0.2, 0) is 9.53 Å². The molecule has 4 aromatic rings. The lowest BCUT2D eigenvalue weighted by Crippen LogP contribution is -2.70. The number of ether oxygens (including phenoxy) is 2. The Morgan fingerprint density at radius 1 is 1.17 bits per heavy atom. The van der Waals surface area contributed by atoms with E-state index in [0.717, 1.165) is 26.3 Å². The van der Waals surface area contributed by atoms with E-state index in [-0.39, 0.29) is 34.3 Å². The smallest absolute Gasteiger partial charge is 0.264 e. The fraction of sp³-hybridized carbons (Fsp3) is 0.382. The van der Waals surface area contributed by atoms with Crippen LogP contribution in [0.3, 0.4) is 0 Å². The molecule has 3 fully saturated rings. The number of likely N-dealkylation sites (tertiary alicyclic amines) is 2. The summed E-state index contributed by atoms with van der Waals surface area (Å²) in [4.78, 5) is 26.3. The highest BCUT2D eigenvalue weighted by atomic mass is 19.1. The van der Waals surface area contributed by atoms with Gasteiger partial charge in [-0.3, -0.25) is 9.69 Å². The van der Waals surface area contributed by atoms with Gasteiger partial charge in [-0.1, -0.05) is 18.2 Å². The van der Waals surface area contributed by atoms with Crippen molar-refractivity contribution in [2.24, 2.45) is 5.41 Å². The Morgan fingerprint density at radius 3 is 2.65 bits per heavy atom. The van der Waals surface area contributed by atoms with Gasteiger partial charge in [-0.25, -0.2) is 19.0 Å². The largest absolute Gasteiger partial charge is 0.457 e. The maximum atomic E-state index is 15.6. The highest BCUT2D eigenvalue weighted by Gasteiger charge is 2.52. The van der Waals surface area contributed by atoms with E-state index in [1.165, 1.54) is 12.4 Å². The number of carbonyl (C=O) groups is 1. The van der Waals surface area contributed by atoms with Crippen molar-refractivity contribution in [2.45, 2.75) is 38.3 Å². The summed E-state index contributed by atoms with van der Waals surface area (Å²) in [5.74, 6) is 0.268. The first-order valence-corrected chi connectivity index (χ1v) is 15.4. The first-order chi connectivity index (χ1) is 22.2. The van der Waals surface area contributed by atoms with Crippen LogP contribution in [0.2, 0.25) is 0 Å². The number of nitrogen functional groups attached to an aromatic ring is 1. The second kappa shape index (κ2) is 11.5. The second-order valence-electron chi connectivity index (χ2n) is 13.0. The third-order valence-electron chi connectivity index (χ3n) is 9.25. The van der Waals surface area contributed by atoms with Crippen molar-refractivity contribution in [3.63, 3.8) is 0 Å². The van der Waals surface area contributed by atoms with Gasteiger partial charge in [-0.2, -0.15) is 10.4 Å². The van der Waals surface area contributed by atoms with Gasteiger partial charge in [0.25, 0.3) is 5.91 Å². The summed E-state index contributed by atoms with van der Waals surface area (Å²) in [5.41, 5.74) is 7.19. The number of nitrogens with two attached hydrogens (primary N) is 1. The number of halogens is 1. The third-order valence-corrected chi connectivity index (χ3v) is 9.25. The molecule has 3 saturated heterocycles. The van der Waals surface area contributed by atoms with Gasteiger partial charge >= 0.3 is 0 Å². The summed E-state index contributed by atoms with van der Waals surface area (Å²) in [6.07, 6.45) is 4.55. The van der Waals surface area contributed by atoms with Crippen molar-refractivity contribution < 1.29 is 18.7 Å². The average molecular weight is 623 g/mol. The standard InChI is InChI=1S/C34H35FN8O3/c1-33(2,42-17-34(18-42)19-45-20-34)14-22(15-36)32(44)41-12-6-7-23(16-41)43-31-28(30(37)38-21-39-31)29(40-43)26-11-10-25(13-27(26)35)46-24-8-4-3-5-9-24/h3-5,8-11,13-14,21,23H,6-7,12,16-20H2,1-2H3,(H2,37,38,39)/t23-/m0/s1. The normalized spacial score (nSPS) is 19.8. The molecule has 5 heterocycles. The zero-order chi connectivity index (χ0) is 32.1. The first-order valence-electron chi connectivity index (χ1n) is 15.4. The molecule has 3 aliphatic heterocycles. The zero-order valence-electron chi connectivity index (χ0n) is 25.8. The van der Waals surface area contributed by atoms with Crippen LogP contribution in [0, 0.1) is 22.6 Å². The Kier molecular flexibility index (Phi) is 7.45. The quantitative estimate of drug-likeness (QED) is 0.229. The number of aromatic nitrogens is 4. The Hall–Kier alpha value is -4.86. The van der Waals surface area contributed by atoms with Gasteiger partial charge in [-0.05, 0) is 57.0 Å². The van der Waals surface area contributed by atoms with Crippen LogP contribution in [0.25, 0.3) is 22.3 Å². The van der Waals surface area contributed by atoms with Gasteiger partial charge in [0.05, 0.1) is 24.6 Å². The molecule has 0 unspecified atom stereocenters. The number of piperidine rings is 1. The summed E-state index contributed by atoms with van der Waals surface area (Å²) in [5, 5.41) is 15.3. The van der Waals surface area contributed by atoms with Gasteiger partial charge in [0, 0.05) is 48.8 Å². The van der Waals surface area contributed by atoms with Crippen LogP contribution in [0.5, 0.6) is 11.5 Å². The molecule has 1 amide bonds. The molecule has 1 spiro atoms. The van der Waals surface area contributed by atoms with Crippen LogP contribution in [0.1, 0.15) is 32.7 Å². The molecule has 2 N–H and O–H groups in total. The molecule has 2 aromatic heterocycles. The second-order valence-corrected chi connectivity index (χ2v) is 13.0. The molecule has 11 nitrogen and oxygen atoms in total. The van der Waals surface area contributed by atoms with Crippen LogP contribution in [0.4, 0.5) is 10.2 Å². The number of hydrogen-bond acceptors (Lipinski definition) is 9. The molecule has 2 aromatic carbocycles. The van der Waals surface area contributed by atoms with E-state index in [1.807, 2.05) is 32.0 Å². The monoisotopic (exact) mass is 622 g/mol. The summed E-state index contributed by atoms with van der Waals surface area (Å²) in [6.45, 7) is 8.20. The van der Waals surface area contributed by atoms with Gasteiger partial charge in [0.15, 0.2) is 5.65 Å². The summed E-state index contributed by atoms with van der Waals surface area (Å²) < 4.78 is 28.5. The summed E-state index contributed by atoms with van der Waals surface area (Å²) >= 11 is 0. The number of para-hydroxylation sites is 1. The van der Waals surface area contributed by atoms with Crippen molar-refractivity contribution >= 4 is 22.8 Å². The van der Waals surface area contributed by atoms with Crippen LogP contribution >= 0.6 is 0 Å². The first kappa shape index (κ1) is 29.8. The zero-order valence-corrected chi connectivity index (χ0v) is 25.8. The minimum absolute atomic E-state index is 0.119. The van der Waals surface area contributed by atoms with Crippen molar-refractivity contribution in [3.8, 4) is 28.8 Å². The van der Waals surface area contributed by atoms with E-state index in [2.05, 4.69) is 20.9 Å². The van der Waals surface area contributed by atoms with E-state index in [9.17, 15) is 10.1 Å². The molecule has 1 atom stereocenters. The maximum Gasteiger partial charge on any atom is 0.264 e. The molecule has 12 heteroatoms. The van der Waals surface area contributed by atoms with E-state index >= 15 is 4.39 Å². The fourth-order valence-corrected chi connectivity index (χ4v) is 6.65. The Morgan fingerprint density at radius 2 is 1.96 bits per heavy atom. The van der Waals surface area contributed by atoms with Crippen molar-refractivity contribution in [2.75, 3.05) is 45.1 Å². The average Bonchev–Trinajstić information content (AvgIpc) is 3.39. The van der Waals surface area contributed by atoms with Crippen molar-refractivity contribution in [1.82, 2.24) is 29.5 Å². The number of amides is 1. The van der Waals surface area contributed by atoms with E-state index in [1.54, 1.807) is 39.9 Å². The number of benzene rings is 2. The maximum absolute atomic E-state index is 15.6. The minimum Gasteiger partial charge on any atom is -0.457 e. The molecule has 236 valence electrons. The van der Waals surface area contributed by atoms with Crippen molar-refractivity contribution in [3.05, 3.63) is 72.3 Å². The third kappa shape index (κ3) is 5.35. The Bertz CT molecular complexity index is 1870. The lowest BCUT2D eigenvalue weighted by molar-refractivity contribution is -0.204. The molecule has 0 saturated carbocycles. The Labute approximate surface area is 266 Å². The number of nitrogens with zero attached hydrogens (tertiary/aromatic N) is 7. The van der Waals surface area contributed by atoms with Gasteiger partial charge in [0.1, 0.15) is 46.8 Å². The molecule has 46 heavy (non-hydrogen) atoms. The number of rotatable bonds is 7. The van der Waals surface area contributed by atoms with Gasteiger partial charge < -0.3 is 20.1 Å². The molecule has 0 radical (unpaired) electrons. The fourth-order valence-electron chi connectivity index (χ4n) is 6.65. The van der Waals surface area contributed by atoms with Crippen LogP contribution < -0.4 is 10.5 Å². The van der Waals surface area contributed by atoms with E-state index < -0.39 is 11.4 Å². The molecule has 0 bridgehead atoms. The molecule has 3 aliphatic rings. The highest BCUT2D eigenvalue weighted by Crippen LogP contribution is 2.42. The lowest BCUT2D eigenvalue weighted by atomic mass is 9.75. The minimum atomic E-state index is -0.534. The molecular weight excluding hydrogens is 587 g/mol. The van der Waals surface area contributed by atoms with Gasteiger partial charge in [-0.15, -0.1) is 0 Å². The van der Waals surface area contributed by atoms with Crippen LogP contribution in [-0.4, -0.2) is 80.4 Å². The SMILES string of the molecule is CC(C)(C=C(C#N)C(=O)N1CCC[C@H](n2nc(-c3ccc(Oc4ccccc4)cc3F)c3c(N)ncnc32)C1)N1CC2(COC2)C1. The number of carbonyl (C=O) groups excluding carboxylic acids is 1. The van der Waals surface area contributed by atoms with Crippen molar-refractivity contribution in [1.29, 1.82) is 5.26 Å². The number of fused-ring (bicyclic) bond motifs is 1. The molecular formula is C34H35FN8O3. The summed E-state index contributed by atoms with van der Waals surface area (Å²) in [6, 6.07) is 15.6. The van der Waals surface area contributed by atoms with Gasteiger partial charge in [0.2, 0.25) is 0 Å². The topological polar surface area (TPSA) is 135 Å². The van der Waals surface area contributed by atoms with Crippen LogP contribution in [0.15, 0.2) is 66.5 Å². The lowest BCUT2D eigenvalue weighted by Gasteiger charge is -2.59. The summed E-state index contributed by atoms with van der Waals surface area (Å²) in [7, 11) is 0. The predicted molar refractivity (Wildman–Crippen MR) is 169 cm³/mol. The molecule has 0 aliphatic carbocycles. The van der Waals surface area contributed by atoms with E-state index in [4.69, 9.17) is 20.3 Å². The van der Waals surface area contributed by atoms with E-state index in [0.29, 0.717) is 54.2 Å². The highest BCUT2D eigenvalue weighted by molar-refractivity contribution is 5.99. The molecule has 7 rings (SSSR count). The number of anilines is 1. The Balaban J connectivity index is 1.14. The predicted octanol–water partition coefficient (Wildman–Crippen LogP) is 4.73.